The van der Waals surface area contributed by atoms with Crippen LogP contribution in [-0.2, 0) is 0 Å². The van der Waals surface area contributed by atoms with Crippen molar-refractivity contribution < 1.29 is 4.79 Å². The molecule has 2 amide bonds. The van der Waals surface area contributed by atoms with Crippen LogP contribution in [0, 0.1) is 0 Å². The summed E-state index contributed by atoms with van der Waals surface area (Å²) in [6.45, 7) is 6.25. The number of hydrogen-bond acceptors (Lipinski definition) is 3. The van der Waals surface area contributed by atoms with Crippen LogP contribution in [0.1, 0.15) is 12.8 Å². The number of likely N-dealkylation sites (tertiary alicyclic amines) is 1. The fraction of sp³-hybridized carbons (Fsp3) is 0.923. The van der Waals surface area contributed by atoms with E-state index >= 15 is 0 Å². The molecule has 2 saturated heterocycles. The molecule has 2 aliphatic rings. The summed E-state index contributed by atoms with van der Waals surface area (Å²) in [5.74, 6) is 0. The van der Waals surface area contributed by atoms with E-state index in [0.717, 1.165) is 32.2 Å². The van der Waals surface area contributed by atoms with Crippen LogP contribution in [0.5, 0.6) is 0 Å². The molecule has 2 fully saturated rings. The minimum absolute atomic E-state index is 0.151. The summed E-state index contributed by atoms with van der Waals surface area (Å²) >= 11 is 0. The molecule has 0 unspecified atom stereocenters. The predicted molar refractivity (Wildman–Crippen MR) is 72.7 cm³/mol. The second-order valence-corrected chi connectivity index (χ2v) is 5.73. The Kier molecular flexibility index (Phi) is 4.45. The summed E-state index contributed by atoms with van der Waals surface area (Å²) in [6, 6.07) is 0.885. The Morgan fingerprint density at radius 3 is 2.06 bits per heavy atom. The van der Waals surface area contributed by atoms with Gasteiger partial charge in [-0.05, 0) is 33.0 Å². The van der Waals surface area contributed by atoms with Crippen LogP contribution in [0.3, 0.4) is 0 Å². The topological polar surface area (TPSA) is 30.0 Å². The van der Waals surface area contributed by atoms with Gasteiger partial charge in [0.05, 0.1) is 0 Å². The van der Waals surface area contributed by atoms with Crippen LogP contribution in [-0.4, -0.2) is 92.1 Å². The molecule has 0 aliphatic carbocycles. The third kappa shape index (κ3) is 3.14. The average molecular weight is 254 g/mol. The van der Waals surface area contributed by atoms with Crippen LogP contribution >= 0.6 is 0 Å². The maximum atomic E-state index is 11.9. The summed E-state index contributed by atoms with van der Waals surface area (Å²) in [4.78, 5) is 20.5. The quantitative estimate of drug-likeness (QED) is 0.678. The molecule has 0 aromatic rings. The molecular formula is C13H26N4O. The van der Waals surface area contributed by atoms with Gasteiger partial charge in [0.25, 0.3) is 0 Å². The predicted octanol–water partition coefficient (Wildman–Crippen LogP) is 0.380. The van der Waals surface area contributed by atoms with Crippen LogP contribution in [0.2, 0.25) is 0 Å². The van der Waals surface area contributed by atoms with Crippen molar-refractivity contribution in [3.05, 3.63) is 0 Å². The highest BCUT2D eigenvalue weighted by atomic mass is 16.2. The highest BCUT2D eigenvalue weighted by Crippen LogP contribution is 2.17. The van der Waals surface area contributed by atoms with Crippen molar-refractivity contribution in [2.24, 2.45) is 0 Å². The zero-order valence-electron chi connectivity index (χ0n) is 11.9. The summed E-state index contributed by atoms with van der Waals surface area (Å²) in [6.07, 6.45) is 2.55. The molecule has 5 nitrogen and oxygen atoms in total. The minimum atomic E-state index is 0.151. The lowest BCUT2D eigenvalue weighted by Gasteiger charge is -2.42. The Morgan fingerprint density at radius 2 is 1.56 bits per heavy atom. The second-order valence-electron chi connectivity index (χ2n) is 5.73. The minimum Gasteiger partial charge on any atom is -0.331 e. The fourth-order valence-corrected chi connectivity index (χ4v) is 2.92. The molecular weight excluding hydrogens is 228 g/mol. The molecule has 2 rings (SSSR count). The molecule has 2 heterocycles. The number of rotatable bonds is 1. The Hall–Kier alpha value is -0.810. The lowest BCUT2D eigenvalue weighted by molar-refractivity contribution is 0.0695. The first kappa shape index (κ1) is 13.6. The molecule has 0 spiro atoms. The molecule has 104 valence electrons. The van der Waals surface area contributed by atoms with Gasteiger partial charge in [0.1, 0.15) is 0 Å². The Bertz CT molecular complexity index is 279. The van der Waals surface area contributed by atoms with Crippen molar-refractivity contribution in [1.29, 1.82) is 0 Å². The lowest BCUT2D eigenvalue weighted by atomic mass is 10.0. The number of carbonyl (C=O) groups excluding carboxylic acids is 1. The van der Waals surface area contributed by atoms with Crippen LogP contribution in [0.15, 0.2) is 0 Å². The van der Waals surface area contributed by atoms with E-state index in [1.165, 1.54) is 25.9 Å². The third-order valence-electron chi connectivity index (χ3n) is 4.17. The number of hydrogen-bond donors (Lipinski definition) is 0. The lowest BCUT2D eigenvalue weighted by Crippen LogP contribution is -2.55. The van der Waals surface area contributed by atoms with E-state index in [9.17, 15) is 4.79 Å². The van der Waals surface area contributed by atoms with Crippen molar-refractivity contribution >= 4 is 6.03 Å². The van der Waals surface area contributed by atoms with E-state index in [1.807, 2.05) is 19.0 Å². The van der Waals surface area contributed by atoms with Gasteiger partial charge in [-0.3, -0.25) is 4.90 Å². The Balaban J connectivity index is 1.78. The van der Waals surface area contributed by atoms with Crippen LogP contribution in [0.4, 0.5) is 4.79 Å². The molecule has 2 aliphatic heterocycles. The van der Waals surface area contributed by atoms with Gasteiger partial charge in [0.15, 0.2) is 0 Å². The zero-order chi connectivity index (χ0) is 13.1. The van der Waals surface area contributed by atoms with Crippen LogP contribution in [0.25, 0.3) is 0 Å². The molecule has 0 atom stereocenters. The maximum absolute atomic E-state index is 11.9. The average Bonchev–Trinajstić information content (AvgIpc) is 2.39. The third-order valence-corrected chi connectivity index (χ3v) is 4.17. The van der Waals surface area contributed by atoms with E-state index in [4.69, 9.17) is 0 Å². The van der Waals surface area contributed by atoms with Crippen molar-refractivity contribution in [3.63, 3.8) is 0 Å². The molecule has 18 heavy (non-hydrogen) atoms. The SMILES string of the molecule is CN1CCC(N2CCN(C(=O)N(C)C)CC2)CC1. The monoisotopic (exact) mass is 254 g/mol. The molecule has 0 radical (unpaired) electrons. The highest BCUT2D eigenvalue weighted by molar-refractivity contribution is 5.73. The summed E-state index contributed by atoms with van der Waals surface area (Å²) in [7, 11) is 5.85. The van der Waals surface area contributed by atoms with Gasteiger partial charge in [0.2, 0.25) is 0 Å². The van der Waals surface area contributed by atoms with Crippen molar-refractivity contribution in [3.8, 4) is 0 Å². The van der Waals surface area contributed by atoms with E-state index < -0.39 is 0 Å². The molecule has 0 bridgehead atoms. The number of carbonyl (C=O) groups is 1. The van der Waals surface area contributed by atoms with Gasteiger partial charge < -0.3 is 14.7 Å². The second kappa shape index (κ2) is 5.89. The maximum Gasteiger partial charge on any atom is 0.319 e. The van der Waals surface area contributed by atoms with Crippen molar-refractivity contribution in [2.75, 3.05) is 60.4 Å². The summed E-state index contributed by atoms with van der Waals surface area (Å²) in [5.41, 5.74) is 0. The van der Waals surface area contributed by atoms with Gasteiger partial charge in [-0.15, -0.1) is 0 Å². The largest absolute Gasteiger partial charge is 0.331 e. The van der Waals surface area contributed by atoms with Gasteiger partial charge >= 0.3 is 6.03 Å². The van der Waals surface area contributed by atoms with Crippen molar-refractivity contribution in [2.45, 2.75) is 18.9 Å². The van der Waals surface area contributed by atoms with E-state index in [2.05, 4.69) is 16.8 Å². The van der Waals surface area contributed by atoms with Gasteiger partial charge in [0, 0.05) is 46.3 Å². The molecule has 0 N–H and O–H groups in total. The molecule has 5 heteroatoms. The molecule has 0 aromatic carbocycles. The number of piperazine rings is 1. The number of amides is 2. The normalized spacial score (nSPS) is 24.3. The smallest absolute Gasteiger partial charge is 0.319 e. The van der Waals surface area contributed by atoms with Crippen LogP contribution < -0.4 is 0 Å². The van der Waals surface area contributed by atoms with E-state index in [0.29, 0.717) is 0 Å². The first-order valence-corrected chi connectivity index (χ1v) is 6.97. The molecule has 0 aromatic heterocycles. The first-order valence-electron chi connectivity index (χ1n) is 6.97. The van der Waals surface area contributed by atoms with Gasteiger partial charge in [-0.1, -0.05) is 0 Å². The number of nitrogens with zero attached hydrogens (tertiary/aromatic N) is 4. The summed E-state index contributed by atoms with van der Waals surface area (Å²) < 4.78 is 0. The zero-order valence-corrected chi connectivity index (χ0v) is 11.9. The highest BCUT2D eigenvalue weighted by Gasteiger charge is 2.28. The standard InChI is InChI=1S/C13H26N4O/c1-14(2)13(18)17-10-8-16(9-11-17)12-4-6-15(3)7-5-12/h12H,4-11H2,1-3H3. The van der Waals surface area contributed by atoms with Gasteiger partial charge in [-0.2, -0.15) is 0 Å². The van der Waals surface area contributed by atoms with E-state index in [-0.39, 0.29) is 6.03 Å². The molecule has 0 saturated carbocycles. The van der Waals surface area contributed by atoms with Crippen molar-refractivity contribution in [1.82, 2.24) is 19.6 Å². The first-order chi connectivity index (χ1) is 8.58. The summed E-state index contributed by atoms with van der Waals surface area (Å²) in [5, 5.41) is 0. The van der Waals surface area contributed by atoms with Gasteiger partial charge in [-0.25, -0.2) is 4.79 Å². The Morgan fingerprint density at radius 1 is 1.00 bits per heavy atom. The fourth-order valence-electron chi connectivity index (χ4n) is 2.92. The number of piperidine rings is 1. The number of urea groups is 1. The van der Waals surface area contributed by atoms with E-state index in [1.54, 1.807) is 4.90 Å². The Labute approximate surface area is 110 Å².